The molecule has 5 heteroatoms. The molecule has 0 spiro atoms. The third-order valence-electron chi connectivity index (χ3n) is 4.57. The molecule has 0 aliphatic carbocycles. The number of fused-ring (bicyclic) bond motifs is 1. The lowest BCUT2D eigenvalue weighted by atomic mass is 9.95. The van der Waals surface area contributed by atoms with E-state index in [0.717, 1.165) is 24.3 Å². The van der Waals surface area contributed by atoms with Crippen LogP contribution in [0.4, 0.5) is 0 Å². The first-order valence-corrected chi connectivity index (χ1v) is 8.00. The lowest BCUT2D eigenvalue weighted by molar-refractivity contribution is 0.123. The zero-order valence-electron chi connectivity index (χ0n) is 13.9. The van der Waals surface area contributed by atoms with Gasteiger partial charge in [0.2, 0.25) is 0 Å². The highest BCUT2D eigenvalue weighted by molar-refractivity contribution is 5.85. The summed E-state index contributed by atoms with van der Waals surface area (Å²) < 4.78 is 0. The molecule has 128 valence electrons. The number of para-hydroxylation sites is 1. The van der Waals surface area contributed by atoms with Gasteiger partial charge in [-0.3, -0.25) is 9.88 Å². The predicted octanol–water partition coefficient (Wildman–Crippen LogP) is 4.09. The van der Waals surface area contributed by atoms with Crippen molar-refractivity contribution in [2.75, 3.05) is 6.54 Å². The highest BCUT2D eigenvalue weighted by Crippen LogP contribution is 2.25. The summed E-state index contributed by atoms with van der Waals surface area (Å²) in [6.45, 7) is 6.35. The van der Waals surface area contributed by atoms with Crippen LogP contribution in [0.1, 0.15) is 37.4 Å². The van der Waals surface area contributed by atoms with Crippen LogP contribution >= 0.6 is 24.8 Å². The van der Waals surface area contributed by atoms with E-state index in [1.165, 1.54) is 30.2 Å². The van der Waals surface area contributed by atoms with Crippen molar-refractivity contribution in [3.63, 3.8) is 0 Å². The van der Waals surface area contributed by atoms with Crippen molar-refractivity contribution in [1.29, 1.82) is 0 Å². The molecular formula is C18H27Cl2N3. The third-order valence-corrected chi connectivity index (χ3v) is 4.57. The Labute approximate surface area is 151 Å². The molecule has 2 atom stereocenters. The van der Waals surface area contributed by atoms with Crippen molar-refractivity contribution >= 4 is 35.7 Å². The van der Waals surface area contributed by atoms with Crippen LogP contribution in [0.3, 0.4) is 0 Å². The molecule has 3 nitrogen and oxygen atoms in total. The average Bonchev–Trinajstić information content (AvgIpc) is 2.47. The van der Waals surface area contributed by atoms with Gasteiger partial charge in [0.05, 0.1) is 5.52 Å². The van der Waals surface area contributed by atoms with Gasteiger partial charge in [0, 0.05) is 29.7 Å². The molecule has 3 rings (SSSR count). The first kappa shape index (κ1) is 20.2. The van der Waals surface area contributed by atoms with Crippen molar-refractivity contribution in [1.82, 2.24) is 9.88 Å². The molecule has 2 unspecified atom stereocenters. The van der Waals surface area contributed by atoms with Crippen molar-refractivity contribution < 1.29 is 0 Å². The zero-order valence-corrected chi connectivity index (χ0v) is 15.5. The van der Waals surface area contributed by atoms with Crippen molar-refractivity contribution in [3.8, 4) is 0 Å². The highest BCUT2D eigenvalue weighted by Gasteiger charge is 2.25. The van der Waals surface area contributed by atoms with Gasteiger partial charge in [0.1, 0.15) is 0 Å². The smallest absolute Gasteiger partial charge is 0.0708 e. The Balaban J connectivity index is 0.00000132. The molecule has 2 heterocycles. The Hall–Kier alpha value is -0.870. The summed E-state index contributed by atoms with van der Waals surface area (Å²) in [4.78, 5) is 7.21. The fourth-order valence-electron chi connectivity index (χ4n) is 3.55. The standard InChI is InChI=1S/C18H25N3.2ClH/c1-13-11-15(16-7-3-4-8-17(16)20-13)12-21-10-6-5-9-18(21)14(2)19;;/h3-4,7-8,11,14,18H,5-6,9-10,12,19H2,1-2H3;2*1H. The Morgan fingerprint density at radius 1 is 1.26 bits per heavy atom. The highest BCUT2D eigenvalue weighted by atomic mass is 35.5. The van der Waals surface area contributed by atoms with E-state index in [-0.39, 0.29) is 30.9 Å². The number of likely N-dealkylation sites (tertiary alicyclic amines) is 1. The second kappa shape index (κ2) is 8.84. The van der Waals surface area contributed by atoms with Crippen molar-refractivity contribution in [2.24, 2.45) is 5.73 Å². The van der Waals surface area contributed by atoms with Crippen molar-refractivity contribution in [2.45, 2.75) is 51.7 Å². The number of piperidine rings is 1. The van der Waals surface area contributed by atoms with E-state index in [9.17, 15) is 0 Å². The van der Waals surface area contributed by atoms with Crippen LogP contribution < -0.4 is 5.73 Å². The Morgan fingerprint density at radius 2 is 2.00 bits per heavy atom. The van der Waals surface area contributed by atoms with Gasteiger partial charge in [-0.15, -0.1) is 24.8 Å². The maximum Gasteiger partial charge on any atom is 0.0708 e. The topological polar surface area (TPSA) is 42.1 Å². The van der Waals surface area contributed by atoms with Gasteiger partial charge in [-0.2, -0.15) is 0 Å². The average molecular weight is 356 g/mol. The van der Waals surface area contributed by atoms with Crippen LogP contribution in [0.15, 0.2) is 30.3 Å². The number of aromatic nitrogens is 1. The van der Waals surface area contributed by atoms with Gasteiger partial charge >= 0.3 is 0 Å². The molecule has 1 aliphatic rings. The van der Waals surface area contributed by atoms with E-state index in [4.69, 9.17) is 5.73 Å². The van der Waals surface area contributed by atoms with E-state index in [1.54, 1.807) is 0 Å². The van der Waals surface area contributed by atoms with Crippen LogP contribution in [-0.4, -0.2) is 28.5 Å². The zero-order chi connectivity index (χ0) is 14.8. The number of benzene rings is 1. The second-order valence-corrected chi connectivity index (χ2v) is 6.33. The SMILES string of the molecule is Cc1cc(CN2CCCCC2C(C)N)c2ccccc2n1.Cl.Cl. The van der Waals surface area contributed by atoms with Crippen LogP contribution in [0, 0.1) is 6.92 Å². The summed E-state index contributed by atoms with van der Waals surface area (Å²) in [6.07, 6.45) is 3.81. The summed E-state index contributed by atoms with van der Waals surface area (Å²) in [5.41, 5.74) is 9.77. The molecule has 2 N–H and O–H groups in total. The number of rotatable bonds is 3. The Bertz CT molecular complexity index is 631. The summed E-state index contributed by atoms with van der Waals surface area (Å²) in [7, 11) is 0. The van der Waals surface area contributed by atoms with Gasteiger partial charge in [-0.1, -0.05) is 24.6 Å². The molecule has 1 aliphatic heterocycles. The van der Waals surface area contributed by atoms with Gasteiger partial charge in [-0.25, -0.2) is 0 Å². The second-order valence-electron chi connectivity index (χ2n) is 6.33. The molecule has 23 heavy (non-hydrogen) atoms. The van der Waals surface area contributed by atoms with Crippen LogP contribution in [0.25, 0.3) is 10.9 Å². The predicted molar refractivity (Wildman–Crippen MR) is 103 cm³/mol. The third kappa shape index (κ3) is 4.57. The van der Waals surface area contributed by atoms with Gasteiger partial charge in [-0.05, 0) is 50.9 Å². The lowest BCUT2D eigenvalue weighted by Gasteiger charge is -2.38. The Kier molecular flexibility index (Phi) is 7.75. The number of nitrogens with zero attached hydrogens (tertiary/aromatic N) is 2. The molecule has 1 fully saturated rings. The van der Waals surface area contributed by atoms with E-state index < -0.39 is 0 Å². The molecule has 0 saturated carbocycles. The number of pyridine rings is 1. The van der Waals surface area contributed by atoms with E-state index >= 15 is 0 Å². The first-order chi connectivity index (χ1) is 10.1. The minimum absolute atomic E-state index is 0. The molecule has 0 amide bonds. The fraction of sp³-hybridized carbons (Fsp3) is 0.500. The normalized spacial score (nSPS) is 19.7. The van der Waals surface area contributed by atoms with E-state index in [1.807, 2.05) is 0 Å². The molecular weight excluding hydrogens is 329 g/mol. The van der Waals surface area contributed by atoms with E-state index in [2.05, 4.69) is 54.1 Å². The van der Waals surface area contributed by atoms with Gasteiger partial charge in [0.25, 0.3) is 0 Å². The molecule has 2 aromatic rings. The summed E-state index contributed by atoms with van der Waals surface area (Å²) in [5.74, 6) is 0. The van der Waals surface area contributed by atoms with Crippen molar-refractivity contribution in [3.05, 3.63) is 41.6 Å². The number of nitrogens with two attached hydrogens (primary N) is 1. The number of aryl methyl sites for hydroxylation is 1. The maximum absolute atomic E-state index is 6.20. The van der Waals surface area contributed by atoms with Crippen LogP contribution in [-0.2, 0) is 6.54 Å². The fourth-order valence-corrected chi connectivity index (χ4v) is 3.55. The quantitative estimate of drug-likeness (QED) is 0.901. The molecule has 0 radical (unpaired) electrons. The number of halogens is 2. The monoisotopic (exact) mass is 355 g/mol. The van der Waals surface area contributed by atoms with Gasteiger partial charge in [0.15, 0.2) is 0 Å². The minimum atomic E-state index is 0. The number of hydrogen-bond donors (Lipinski definition) is 1. The minimum Gasteiger partial charge on any atom is -0.327 e. The van der Waals surface area contributed by atoms with Crippen LogP contribution in [0.2, 0.25) is 0 Å². The van der Waals surface area contributed by atoms with Gasteiger partial charge < -0.3 is 5.73 Å². The van der Waals surface area contributed by atoms with Crippen LogP contribution in [0.5, 0.6) is 0 Å². The lowest BCUT2D eigenvalue weighted by Crippen LogP contribution is -2.48. The number of hydrogen-bond acceptors (Lipinski definition) is 3. The summed E-state index contributed by atoms with van der Waals surface area (Å²) >= 11 is 0. The molecule has 0 bridgehead atoms. The Morgan fingerprint density at radius 3 is 2.74 bits per heavy atom. The first-order valence-electron chi connectivity index (χ1n) is 8.00. The molecule has 1 aromatic carbocycles. The summed E-state index contributed by atoms with van der Waals surface area (Å²) in [6, 6.07) is 11.4. The molecule has 1 saturated heterocycles. The van der Waals surface area contributed by atoms with E-state index in [0.29, 0.717) is 6.04 Å². The summed E-state index contributed by atoms with van der Waals surface area (Å²) in [5, 5.41) is 1.28. The largest absolute Gasteiger partial charge is 0.327 e. The maximum atomic E-state index is 6.20. The molecule has 1 aromatic heterocycles.